The van der Waals surface area contributed by atoms with Gasteiger partial charge in [-0.05, 0) is 6.07 Å². The molecule has 19 heavy (non-hydrogen) atoms. The van der Waals surface area contributed by atoms with Gasteiger partial charge < -0.3 is 15.3 Å². The van der Waals surface area contributed by atoms with Crippen LogP contribution >= 0.6 is 0 Å². The lowest BCUT2D eigenvalue weighted by atomic mass is 10.1. The van der Waals surface area contributed by atoms with Crippen LogP contribution in [0.4, 0.5) is 5.69 Å². The minimum absolute atomic E-state index is 0.0964. The molecule has 3 aromatic rings. The standard InChI is InChI=1S/C15H11NO3/c16-11-6-10-12(17)7-14(9-4-2-1-3-5-9)19-15(10)8-13(11)18/h1-8,18H,16H2. The number of nitrogen functional groups attached to an aromatic ring is 1. The van der Waals surface area contributed by atoms with E-state index in [4.69, 9.17) is 10.2 Å². The first-order valence-electron chi connectivity index (χ1n) is 5.77. The maximum atomic E-state index is 12.0. The van der Waals surface area contributed by atoms with E-state index in [2.05, 4.69) is 0 Å². The minimum atomic E-state index is -0.188. The van der Waals surface area contributed by atoms with Gasteiger partial charge in [-0.2, -0.15) is 0 Å². The molecule has 94 valence electrons. The first-order chi connectivity index (χ1) is 9.15. The summed E-state index contributed by atoms with van der Waals surface area (Å²) in [6.45, 7) is 0. The molecule has 4 heteroatoms. The predicted molar refractivity (Wildman–Crippen MR) is 74.0 cm³/mol. The molecule has 0 saturated carbocycles. The second-order valence-corrected chi connectivity index (χ2v) is 4.25. The molecule has 0 aliphatic rings. The van der Waals surface area contributed by atoms with Crippen LogP contribution in [0, 0.1) is 0 Å². The van der Waals surface area contributed by atoms with Crippen molar-refractivity contribution in [2.45, 2.75) is 0 Å². The van der Waals surface area contributed by atoms with Crippen molar-refractivity contribution < 1.29 is 9.52 Å². The topological polar surface area (TPSA) is 76.5 Å². The molecule has 0 unspecified atom stereocenters. The van der Waals surface area contributed by atoms with E-state index in [1.165, 1.54) is 18.2 Å². The maximum Gasteiger partial charge on any atom is 0.193 e. The quantitative estimate of drug-likeness (QED) is 0.516. The van der Waals surface area contributed by atoms with Crippen molar-refractivity contribution in [1.29, 1.82) is 0 Å². The van der Waals surface area contributed by atoms with E-state index < -0.39 is 0 Å². The Hall–Kier alpha value is -2.75. The summed E-state index contributed by atoms with van der Waals surface area (Å²) in [6.07, 6.45) is 0. The van der Waals surface area contributed by atoms with Gasteiger partial charge in [-0.1, -0.05) is 30.3 Å². The number of phenolic OH excluding ortho intramolecular Hbond substituents is 1. The van der Waals surface area contributed by atoms with E-state index in [0.29, 0.717) is 16.7 Å². The fraction of sp³-hybridized carbons (Fsp3) is 0. The van der Waals surface area contributed by atoms with Crippen molar-refractivity contribution in [2.24, 2.45) is 0 Å². The highest BCUT2D eigenvalue weighted by atomic mass is 16.3. The van der Waals surface area contributed by atoms with Crippen molar-refractivity contribution in [2.75, 3.05) is 5.73 Å². The zero-order valence-electron chi connectivity index (χ0n) is 9.96. The molecular weight excluding hydrogens is 242 g/mol. The third-order valence-corrected chi connectivity index (χ3v) is 2.93. The summed E-state index contributed by atoms with van der Waals surface area (Å²) >= 11 is 0. The summed E-state index contributed by atoms with van der Waals surface area (Å²) in [5.74, 6) is 0.364. The monoisotopic (exact) mass is 253 g/mol. The third-order valence-electron chi connectivity index (χ3n) is 2.93. The molecular formula is C15H11NO3. The van der Waals surface area contributed by atoms with E-state index in [1.54, 1.807) is 0 Å². The van der Waals surface area contributed by atoms with Crippen LogP contribution in [0.1, 0.15) is 0 Å². The van der Waals surface area contributed by atoms with Crippen LogP contribution in [-0.2, 0) is 0 Å². The molecule has 0 aliphatic carbocycles. The molecule has 0 atom stereocenters. The first-order valence-corrected chi connectivity index (χ1v) is 5.77. The van der Waals surface area contributed by atoms with Crippen molar-refractivity contribution >= 4 is 16.7 Å². The number of aromatic hydroxyl groups is 1. The van der Waals surface area contributed by atoms with Gasteiger partial charge in [-0.3, -0.25) is 4.79 Å². The van der Waals surface area contributed by atoms with Gasteiger partial charge in [0.05, 0.1) is 11.1 Å². The lowest BCUT2D eigenvalue weighted by molar-refractivity contribution is 0.477. The molecule has 1 aromatic heterocycles. The molecule has 0 bridgehead atoms. The zero-order valence-corrected chi connectivity index (χ0v) is 9.96. The Morgan fingerprint density at radius 3 is 2.53 bits per heavy atom. The summed E-state index contributed by atoms with van der Waals surface area (Å²) in [5.41, 5.74) is 6.67. The summed E-state index contributed by atoms with van der Waals surface area (Å²) in [7, 11) is 0. The Bertz CT molecular complexity index is 807. The SMILES string of the molecule is Nc1cc2c(=O)cc(-c3ccccc3)oc2cc1O. The van der Waals surface area contributed by atoms with Gasteiger partial charge in [0.1, 0.15) is 17.1 Å². The van der Waals surface area contributed by atoms with Crippen LogP contribution < -0.4 is 11.2 Å². The number of fused-ring (bicyclic) bond motifs is 1. The summed E-state index contributed by atoms with van der Waals surface area (Å²) in [4.78, 5) is 12.0. The van der Waals surface area contributed by atoms with Crippen molar-refractivity contribution in [1.82, 2.24) is 0 Å². The highest BCUT2D eigenvalue weighted by molar-refractivity contribution is 5.84. The average molecular weight is 253 g/mol. The number of rotatable bonds is 1. The molecule has 0 aliphatic heterocycles. The molecule has 0 saturated heterocycles. The number of nitrogens with two attached hydrogens (primary N) is 1. The largest absolute Gasteiger partial charge is 0.506 e. The predicted octanol–water partition coefficient (Wildman–Crippen LogP) is 2.75. The van der Waals surface area contributed by atoms with Gasteiger partial charge >= 0.3 is 0 Å². The average Bonchev–Trinajstić information content (AvgIpc) is 2.42. The van der Waals surface area contributed by atoms with Crippen LogP contribution in [0.2, 0.25) is 0 Å². The zero-order chi connectivity index (χ0) is 13.4. The van der Waals surface area contributed by atoms with Gasteiger partial charge in [0.2, 0.25) is 0 Å². The van der Waals surface area contributed by atoms with Gasteiger partial charge in [0.15, 0.2) is 5.43 Å². The highest BCUT2D eigenvalue weighted by Gasteiger charge is 2.09. The van der Waals surface area contributed by atoms with Gasteiger partial charge in [0, 0.05) is 17.7 Å². The molecule has 3 rings (SSSR count). The highest BCUT2D eigenvalue weighted by Crippen LogP contribution is 2.28. The summed E-state index contributed by atoms with van der Waals surface area (Å²) < 4.78 is 5.65. The normalized spacial score (nSPS) is 10.7. The fourth-order valence-electron chi connectivity index (χ4n) is 1.95. The Labute approximate surface area is 108 Å². The van der Waals surface area contributed by atoms with Gasteiger partial charge in [-0.15, -0.1) is 0 Å². The summed E-state index contributed by atoms with van der Waals surface area (Å²) in [5, 5.41) is 9.94. The van der Waals surface area contributed by atoms with E-state index in [-0.39, 0.29) is 16.9 Å². The van der Waals surface area contributed by atoms with E-state index in [1.807, 2.05) is 30.3 Å². The lowest BCUT2D eigenvalue weighted by Crippen LogP contribution is -2.01. The van der Waals surface area contributed by atoms with Crippen LogP contribution in [0.25, 0.3) is 22.3 Å². The Kier molecular flexibility index (Phi) is 2.49. The number of hydrogen-bond acceptors (Lipinski definition) is 4. The van der Waals surface area contributed by atoms with Gasteiger partial charge in [0.25, 0.3) is 0 Å². The van der Waals surface area contributed by atoms with E-state index in [0.717, 1.165) is 5.56 Å². The summed E-state index contributed by atoms with van der Waals surface area (Å²) in [6, 6.07) is 13.5. The molecule has 0 spiro atoms. The molecule has 0 radical (unpaired) electrons. The maximum absolute atomic E-state index is 12.0. The molecule has 4 nitrogen and oxygen atoms in total. The molecule has 2 aromatic carbocycles. The smallest absolute Gasteiger partial charge is 0.193 e. The molecule has 0 amide bonds. The van der Waals surface area contributed by atoms with Crippen molar-refractivity contribution in [3.63, 3.8) is 0 Å². The van der Waals surface area contributed by atoms with E-state index >= 15 is 0 Å². The Balaban J connectivity index is 2.31. The Morgan fingerprint density at radius 2 is 1.79 bits per heavy atom. The van der Waals surface area contributed by atoms with Crippen LogP contribution in [0.15, 0.2) is 57.7 Å². The van der Waals surface area contributed by atoms with Crippen molar-refractivity contribution in [3.8, 4) is 17.1 Å². The third kappa shape index (κ3) is 1.93. The fourth-order valence-corrected chi connectivity index (χ4v) is 1.95. The van der Waals surface area contributed by atoms with E-state index in [9.17, 15) is 9.90 Å². The second-order valence-electron chi connectivity index (χ2n) is 4.25. The number of hydrogen-bond donors (Lipinski definition) is 2. The number of anilines is 1. The second kappa shape index (κ2) is 4.17. The number of phenols is 1. The minimum Gasteiger partial charge on any atom is -0.506 e. The van der Waals surface area contributed by atoms with Crippen LogP contribution in [-0.4, -0.2) is 5.11 Å². The van der Waals surface area contributed by atoms with Crippen molar-refractivity contribution in [3.05, 3.63) is 58.8 Å². The van der Waals surface area contributed by atoms with Gasteiger partial charge in [-0.25, -0.2) is 0 Å². The number of benzene rings is 2. The first kappa shape index (κ1) is 11.3. The van der Waals surface area contributed by atoms with Crippen LogP contribution in [0.5, 0.6) is 5.75 Å². The Morgan fingerprint density at radius 1 is 1.05 bits per heavy atom. The molecule has 1 heterocycles. The van der Waals surface area contributed by atoms with Crippen LogP contribution in [0.3, 0.4) is 0 Å². The lowest BCUT2D eigenvalue weighted by Gasteiger charge is -2.05. The molecule has 3 N–H and O–H groups in total. The molecule has 0 fully saturated rings.